The first-order chi connectivity index (χ1) is 8.93. The molecule has 19 heavy (non-hydrogen) atoms. The summed E-state index contributed by atoms with van der Waals surface area (Å²) in [5, 5.41) is 0. The summed E-state index contributed by atoms with van der Waals surface area (Å²) in [5.74, 6) is 1.27. The summed E-state index contributed by atoms with van der Waals surface area (Å²) in [5.41, 5.74) is 0. The molecule has 3 nitrogen and oxygen atoms in total. The van der Waals surface area contributed by atoms with Crippen LogP contribution in [0.3, 0.4) is 0 Å². The van der Waals surface area contributed by atoms with Crippen molar-refractivity contribution in [2.45, 2.75) is 18.7 Å². The SMILES string of the molecule is C/C=C\C=C(/C)Oc1ccc(S(=O)(=O)Cl)cc1.C=C. The van der Waals surface area contributed by atoms with Crippen molar-refractivity contribution in [1.29, 1.82) is 0 Å². The molecule has 1 aromatic rings. The third kappa shape index (κ3) is 6.84. The molecule has 0 atom stereocenters. The second kappa shape index (κ2) is 8.56. The van der Waals surface area contributed by atoms with Gasteiger partial charge in [-0.3, -0.25) is 0 Å². The number of hydrogen-bond donors (Lipinski definition) is 0. The zero-order chi connectivity index (χ0) is 14.9. The molecule has 1 rings (SSSR count). The van der Waals surface area contributed by atoms with Crippen molar-refractivity contribution >= 4 is 19.7 Å². The summed E-state index contributed by atoms with van der Waals surface area (Å²) in [7, 11) is 1.52. The first kappa shape index (κ1) is 17.5. The largest absolute Gasteiger partial charge is 0.462 e. The number of benzene rings is 1. The van der Waals surface area contributed by atoms with E-state index in [9.17, 15) is 8.42 Å². The van der Waals surface area contributed by atoms with Crippen LogP contribution in [-0.2, 0) is 9.05 Å². The molecule has 0 spiro atoms. The third-order valence-electron chi connectivity index (χ3n) is 1.91. The Kier molecular flexibility index (Phi) is 7.87. The molecule has 0 fully saturated rings. The highest BCUT2D eigenvalue weighted by molar-refractivity contribution is 8.13. The summed E-state index contributed by atoms with van der Waals surface area (Å²) in [6, 6.07) is 5.92. The van der Waals surface area contributed by atoms with Crippen LogP contribution in [0.15, 0.2) is 66.3 Å². The normalized spacial score (nSPS) is 11.8. The molecule has 0 aromatic heterocycles. The summed E-state index contributed by atoms with van der Waals surface area (Å²) in [6.07, 6.45) is 5.55. The van der Waals surface area contributed by atoms with Crippen molar-refractivity contribution in [3.05, 3.63) is 61.4 Å². The lowest BCUT2D eigenvalue weighted by Gasteiger charge is -2.05. The number of ether oxygens (including phenoxy) is 1. The van der Waals surface area contributed by atoms with E-state index in [1.54, 1.807) is 12.1 Å². The number of halogens is 1. The molecule has 0 unspecified atom stereocenters. The molecule has 5 heteroatoms. The van der Waals surface area contributed by atoms with Crippen molar-refractivity contribution in [2.75, 3.05) is 0 Å². The Morgan fingerprint density at radius 1 is 1.26 bits per heavy atom. The van der Waals surface area contributed by atoms with Crippen LogP contribution in [0.25, 0.3) is 0 Å². The Hall–Kier alpha value is -1.52. The van der Waals surface area contributed by atoms with Gasteiger partial charge in [-0.15, -0.1) is 13.2 Å². The maximum absolute atomic E-state index is 11.0. The van der Waals surface area contributed by atoms with Crippen LogP contribution in [0.5, 0.6) is 5.75 Å². The summed E-state index contributed by atoms with van der Waals surface area (Å²) < 4.78 is 27.5. The zero-order valence-corrected chi connectivity index (χ0v) is 12.5. The highest BCUT2D eigenvalue weighted by atomic mass is 35.7. The minimum atomic E-state index is -3.67. The summed E-state index contributed by atoms with van der Waals surface area (Å²) >= 11 is 0. The fraction of sp³-hybridized carbons (Fsp3) is 0.143. The summed E-state index contributed by atoms with van der Waals surface area (Å²) in [4.78, 5) is 0.0570. The van der Waals surface area contributed by atoms with E-state index < -0.39 is 9.05 Å². The van der Waals surface area contributed by atoms with Gasteiger partial charge in [0.05, 0.1) is 4.90 Å². The molecule has 0 saturated carbocycles. The molecule has 0 heterocycles. The van der Waals surface area contributed by atoms with Crippen LogP contribution >= 0.6 is 10.7 Å². The molecule has 104 valence electrons. The van der Waals surface area contributed by atoms with Gasteiger partial charge >= 0.3 is 0 Å². The Balaban J connectivity index is 0.00000154. The molecule has 0 aliphatic carbocycles. The highest BCUT2D eigenvalue weighted by Crippen LogP contribution is 2.20. The second-order valence-corrected chi connectivity index (χ2v) is 5.88. The molecular formula is C14H17ClO3S. The monoisotopic (exact) mass is 300 g/mol. The van der Waals surface area contributed by atoms with Gasteiger partial charge in [0, 0.05) is 10.7 Å². The highest BCUT2D eigenvalue weighted by Gasteiger charge is 2.09. The maximum Gasteiger partial charge on any atom is 0.261 e. The zero-order valence-electron chi connectivity index (χ0n) is 11.0. The van der Waals surface area contributed by atoms with Crippen molar-refractivity contribution in [1.82, 2.24) is 0 Å². The first-order valence-corrected chi connectivity index (χ1v) is 7.76. The predicted molar refractivity (Wildman–Crippen MR) is 79.9 cm³/mol. The van der Waals surface area contributed by atoms with Crippen LogP contribution in [-0.4, -0.2) is 8.42 Å². The van der Waals surface area contributed by atoms with Gasteiger partial charge in [-0.25, -0.2) is 8.42 Å². The summed E-state index contributed by atoms with van der Waals surface area (Å²) in [6.45, 7) is 9.72. The Labute approximate surface area is 119 Å². The predicted octanol–water partition coefficient (Wildman–Crippen LogP) is 4.28. The molecule has 0 amide bonds. The minimum Gasteiger partial charge on any atom is -0.462 e. The quantitative estimate of drug-likeness (QED) is 0.361. The lowest BCUT2D eigenvalue weighted by atomic mass is 10.3. The van der Waals surface area contributed by atoms with E-state index in [0.717, 1.165) is 0 Å². The van der Waals surface area contributed by atoms with Gasteiger partial charge in [-0.05, 0) is 44.2 Å². The molecule has 0 saturated heterocycles. The third-order valence-corrected chi connectivity index (χ3v) is 3.28. The van der Waals surface area contributed by atoms with E-state index >= 15 is 0 Å². The van der Waals surface area contributed by atoms with Crippen LogP contribution < -0.4 is 4.74 Å². The number of allylic oxidation sites excluding steroid dienone is 4. The van der Waals surface area contributed by atoms with Crippen LogP contribution in [0.1, 0.15) is 13.8 Å². The lowest BCUT2D eigenvalue weighted by molar-refractivity contribution is 0.427. The van der Waals surface area contributed by atoms with Gasteiger partial charge < -0.3 is 4.74 Å². The van der Waals surface area contributed by atoms with Gasteiger partial charge in [-0.1, -0.05) is 12.2 Å². The Morgan fingerprint density at radius 2 is 1.79 bits per heavy atom. The second-order valence-electron chi connectivity index (χ2n) is 3.31. The van der Waals surface area contributed by atoms with Crippen LogP contribution in [0.4, 0.5) is 0 Å². The van der Waals surface area contributed by atoms with Gasteiger partial charge in [0.25, 0.3) is 9.05 Å². The van der Waals surface area contributed by atoms with Gasteiger partial charge in [-0.2, -0.15) is 0 Å². The molecule has 0 radical (unpaired) electrons. The minimum absolute atomic E-state index is 0.0570. The molecule has 0 aliphatic rings. The standard InChI is InChI=1S/C12H13ClO3S.C2H4/c1-3-4-5-10(2)16-11-6-8-12(9-7-11)17(13,14)15;1-2/h3-9H,1-2H3;1-2H2/b4-3-,10-5+;. The maximum atomic E-state index is 11.0. The fourth-order valence-corrected chi connectivity index (χ4v) is 1.89. The van der Waals surface area contributed by atoms with E-state index in [4.69, 9.17) is 15.4 Å². The fourth-order valence-electron chi connectivity index (χ4n) is 1.12. The van der Waals surface area contributed by atoms with E-state index in [1.165, 1.54) is 12.1 Å². The van der Waals surface area contributed by atoms with Gasteiger partial charge in [0.15, 0.2) is 0 Å². The number of hydrogen-bond acceptors (Lipinski definition) is 3. The van der Waals surface area contributed by atoms with Crippen LogP contribution in [0, 0.1) is 0 Å². The van der Waals surface area contributed by atoms with Crippen LogP contribution in [0.2, 0.25) is 0 Å². The van der Waals surface area contributed by atoms with E-state index in [0.29, 0.717) is 11.5 Å². The van der Waals surface area contributed by atoms with Crippen molar-refractivity contribution in [3.63, 3.8) is 0 Å². The molecule has 0 N–H and O–H groups in total. The molecule has 0 aliphatic heterocycles. The van der Waals surface area contributed by atoms with Gasteiger partial charge in [0.1, 0.15) is 11.5 Å². The number of rotatable bonds is 4. The van der Waals surface area contributed by atoms with Crippen molar-refractivity contribution in [2.24, 2.45) is 0 Å². The van der Waals surface area contributed by atoms with Crippen molar-refractivity contribution in [3.8, 4) is 5.75 Å². The average molecular weight is 301 g/mol. The van der Waals surface area contributed by atoms with Gasteiger partial charge in [0.2, 0.25) is 0 Å². The topological polar surface area (TPSA) is 43.4 Å². The molecule has 1 aromatic carbocycles. The molecular weight excluding hydrogens is 284 g/mol. The Morgan fingerprint density at radius 3 is 2.21 bits per heavy atom. The first-order valence-electron chi connectivity index (χ1n) is 5.45. The smallest absolute Gasteiger partial charge is 0.261 e. The average Bonchev–Trinajstić information content (AvgIpc) is 2.38. The van der Waals surface area contributed by atoms with E-state index in [1.807, 2.05) is 32.1 Å². The molecule has 0 bridgehead atoms. The van der Waals surface area contributed by atoms with Crippen molar-refractivity contribution < 1.29 is 13.2 Å². The van der Waals surface area contributed by atoms with E-state index in [-0.39, 0.29) is 4.90 Å². The van der Waals surface area contributed by atoms with E-state index in [2.05, 4.69) is 13.2 Å². The Bertz CT molecular complexity index is 543. The lowest BCUT2D eigenvalue weighted by Crippen LogP contribution is -1.93.